The zero-order valence-corrected chi connectivity index (χ0v) is 10.0. The predicted octanol–water partition coefficient (Wildman–Crippen LogP) is 1.54. The summed E-state index contributed by atoms with van der Waals surface area (Å²) >= 11 is 1.71. The van der Waals surface area contributed by atoms with E-state index in [9.17, 15) is 0 Å². The number of nitrogens with one attached hydrogen (secondary N) is 1. The molecule has 0 aromatic carbocycles. The molecule has 1 N–H and O–H groups in total. The Kier molecular flexibility index (Phi) is 3.66. The van der Waals surface area contributed by atoms with Crippen molar-refractivity contribution in [2.75, 3.05) is 13.2 Å². The van der Waals surface area contributed by atoms with Crippen LogP contribution in [-0.4, -0.2) is 29.5 Å². The minimum absolute atomic E-state index is 0.296. The van der Waals surface area contributed by atoms with Crippen LogP contribution in [0.5, 0.6) is 0 Å². The summed E-state index contributed by atoms with van der Waals surface area (Å²) in [7, 11) is 0. The van der Waals surface area contributed by atoms with Gasteiger partial charge in [-0.25, -0.2) is 0 Å². The largest absolute Gasteiger partial charge is 0.378 e. The summed E-state index contributed by atoms with van der Waals surface area (Å²) in [6.45, 7) is 6.86. The van der Waals surface area contributed by atoms with E-state index in [1.807, 2.05) is 0 Å². The second-order valence-corrected chi connectivity index (χ2v) is 4.88. The first kappa shape index (κ1) is 11.0. The van der Waals surface area contributed by atoms with Gasteiger partial charge in [0.15, 0.2) is 0 Å². The van der Waals surface area contributed by atoms with Crippen LogP contribution in [0.3, 0.4) is 0 Å². The zero-order valence-electron chi connectivity index (χ0n) is 9.19. The number of nitrogens with zero attached hydrogens (tertiary/aromatic N) is 2. The van der Waals surface area contributed by atoms with Crippen LogP contribution in [0, 0.1) is 0 Å². The fourth-order valence-electron chi connectivity index (χ4n) is 1.78. The minimum Gasteiger partial charge on any atom is -0.378 e. The van der Waals surface area contributed by atoms with Crippen LogP contribution in [0.2, 0.25) is 0 Å². The van der Waals surface area contributed by atoms with Gasteiger partial charge in [-0.05, 0) is 19.9 Å². The van der Waals surface area contributed by atoms with Crippen LogP contribution >= 0.6 is 11.3 Å². The van der Waals surface area contributed by atoms with E-state index < -0.39 is 0 Å². The molecule has 1 aromatic rings. The van der Waals surface area contributed by atoms with E-state index >= 15 is 0 Å². The summed E-state index contributed by atoms with van der Waals surface area (Å²) < 4.78 is 5.53. The maximum absolute atomic E-state index is 5.53. The molecule has 0 aliphatic carbocycles. The molecule has 15 heavy (non-hydrogen) atoms. The first-order chi connectivity index (χ1) is 7.31. The molecule has 0 bridgehead atoms. The first-order valence-corrected chi connectivity index (χ1v) is 6.27. The number of hydrogen-bond acceptors (Lipinski definition) is 5. The van der Waals surface area contributed by atoms with Crippen molar-refractivity contribution in [3.8, 4) is 0 Å². The van der Waals surface area contributed by atoms with Crippen LogP contribution in [0.4, 0.5) is 0 Å². The highest BCUT2D eigenvalue weighted by atomic mass is 32.1. The normalized spacial score (nSPS) is 26.0. The summed E-state index contributed by atoms with van der Waals surface area (Å²) in [5.74, 6) is 0.456. The maximum atomic E-state index is 5.53. The Morgan fingerprint density at radius 2 is 2.40 bits per heavy atom. The fourth-order valence-corrected chi connectivity index (χ4v) is 2.82. The third-order valence-electron chi connectivity index (χ3n) is 2.70. The fraction of sp³-hybridized carbons (Fsp3) is 0.800. The standard InChI is InChI=1S/C10H17N3OS/c1-3-11-6-9-12-13-10(15-9)8-4-5-14-7(8)2/h7-8,11H,3-6H2,1-2H3. The van der Waals surface area contributed by atoms with E-state index in [1.165, 1.54) is 0 Å². The number of hydrogen-bond donors (Lipinski definition) is 1. The van der Waals surface area contributed by atoms with Gasteiger partial charge in [0.25, 0.3) is 0 Å². The summed E-state index contributed by atoms with van der Waals surface area (Å²) in [6.07, 6.45) is 1.38. The zero-order chi connectivity index (χ0) is 10.7. The topological polar surface area (TPSA) is 47.0 Å². The molecule has 2 heterocycles. The lowest BCUT2D eigenvalue weighted by Gasteiger charge is -2.08. The molecule has 5 heteroatoms. The quantitative estimate of drug-likeness (QED) is 0.847. The van der Waals surface area contributed by atoms with Crippen LogP contribution in [0.1, 0.15) is 36.2 Å². The van der Waals surface area contributed by atoms with Crippen molar-refractivity contribution >= 4 is 11.3 Å². The van der Waals surface area contributed by atoms with Crippen molar-refractivity contribution in [3.63, 3.8) is 0 Å². The van der Waals surface area contributed by atoms with Gasteiger partial charge in [-0.1, -0.05) is 18.3 Å². The Morgan fingerprint density at radius 1 is 1.53 bits per heavy atom. The van der Waals surface area contributed by atoms with E-state index in [4.69, 9.17) is 4.74 Å². The van der Waals surface area contributed by atoms with E-state index in [2.05, 4.69) is 29.4 Å². The number of aromatic nitrogens is 2. The molecule has 1 aliphatic heterocycles. The van der Waals surface area contributed by atoms with Gasteiger partial charge in [0.05, 0.1) is 6.10 Å². The Bertz CT molecular complexity index is 315. The summed E-state index contributed by atoms with van der Waals surface area (Å²) in [6, 6.07) is 0. The predicted molar refractivity (Wildman–Crippen MR) is 60.1 cm³/mol. The number of ether oxygens (including phenoxy) is 1. The summed E-state index contributed by atoms with van der Waals surface area (Å²) in [4.78, 5) is 0. The van der Waals surface area contributed by atoms with Crippen LogP contribution in [0.15, 0.2) is 0 Å². The molecule has 1 aliphatic rings. The van der Waals surface area contributed by atoms with Gasteiger partial charge < -0.3 is 10.1 Å². The lowest BCUT2D eigenvalue weighted by molar-refractivity contribution is 0.118. The molecular weight excluding hydrogens is 210 g/mol. The van der Waals surface area contributed by atoms with Crippen molar-refractivity contribution in [3.05, 3.63) is 10.0 Å². The molecule has 0 radical (unpaired) electrons. The molecule has 1 aromatic heterocycles. The second kappa shape index (κ2) is 5.01. The highest BCUT2D eigenvalue weighted by Crippen LogP contribution is 2.32. The monoisotopic (exact) mass is 227 g/mol. The van der Waals surface area contributed by atoms with E-state index in [0.29, 0.717) is 12.0 Å². The molecule has 0 spiro atoms. The van der Waals surface area contributed by atoms with Crippen molar-refractivity contribution < 1.29 is 4.74 Å². The van der Waals surface area contributed by atoms with Crippen molar-refractivity contribution in [1.82, 2.24) is 15.5 Å². The van der Waals surface area contributed by atoms with Crippen molar-refractivity contribution in [1.29, 1.82) is 0 Å². The molecule has 0 saturated carbocycles. The van der Waals surface area contributed by atoms with Crippen LogP contribution in [0.25, 0.3) is 0 Å². The molecule has 1 saturated heterocycles. The Balaban J connectivity index is 1.99. The average Bonchev–Trinajstić information content (AvgIpc) is 2.83. The highest BCUT2D eigenvalue weighted by Gasteiger charge is 2.28. The molecule has 0 amide bonds. The van der Waals surface area contributed by atoms with Gasteiger partial charge in [0.1, 0.15) is 10.0 Å². The summed E-state index contributed by atoms with van der Waals surface area (Å²) in [5, 5.41) is 13.9. The number of rotatable bonds is 4. The SMILES string of the molecule is CCNCc1nnc(C2CCOC2C)s1. The van der Waals surface area contributed by atoms with Crippen molar-refractivity contribution in [2.24, 2.45) is 0 Å². The minimum atomic E-state index is 0.296. The van der Waals surface area contributed by atoms with E-state index in [1.54, 1.807) is 11.3 Å². The lowest BCUT2D eigenvalue weighted by atomic mass is 10.0. The van der Waals surface area contributed by atoms with Gasteiger partial charge >= 0.3 is 0 Å². The van der Waals surface area contributed by atoms with Crippen LogP contribution in [-0.2, 0) is 11.3 Å². The van der Waals surface area contributed by atoms with Crippen LogP contribution < -0.4 is 5.32 Å². The lowest BCUT2D eigenvalue weighted by Crippen LogP contribution is -2.11. The van der Waals surface area contributed by atoms with Gasteiger partial charge in [0, 0.05) is 19.1 Å². The van der Waals surface area contributed by atoms with Gasteiger partial charge in [0.2, 0.25) is 0 Å². The van der Waals surface area contributed by atoms with E-state index in [-0.39, 0.29) is 0 Å². The average molecular weight is 227 g/mol. The third-order valence-corrected chi connectivity index (χ3v) is 3.76. The van der Waals surface area contributed by atoms with Gasteiger partial charge in [-0.2, -0.15) is 0 Å². The summed E-state index contributed by atoms with van der Waals surface area (Å²) in [5.41, 5.74) is 0. The molecular formula is C10H17N3OS. The molecule has 84 valence electrons. The Hall–Kier alpha value is -0.520. The first-order valence-electron chi connectivity index (χ1n) is 5.46. The third kappa shape index (κ3) is 2.53. The molecule has 4 nitrogen and oxygen atoms in total. The van der Waals surface area contributed by atoms with Gasteiger partial charge in [-0.3, -0.25) is 0 Å². The molecule has 1 fully saturated rings. The van der Waals surface area contributed by atoms with Crippen molar-refractivity contribution in [2.45, 2.75) is 38.8 Å². The second-order valence-electron chi connectivity index (χ2n) is 3.79. The molecule has 2 atom stereocenters. The maximum Gasteiger partial charge on any atom is 0.131 e. The van der Waals surface area contributed by atoms with Gasteiger partial charge in [-0.15, -0.1) is 10.2 Å². The Morgan fingerprint density at radius 3 is 3.07 bits per heavy atom. The smallest absolute Gasteiger partial charge is 0.131 e. The molecule has 2 rings (SSSR count). The van der Waals surface area contributed by atoms with E-state index in [0.717, 1.165) is 36.1 Å². The highest BCUT2D eigenvalue weighted by molar-refractivity contribution is 7.11. The Labute approximate surface area is 94.1 Å². The molecule has 2 unspecified atom stereocenters.